The van der Waals surface area contributed by atoms with Crippen LogP contribution in [0.2, 0.25) is 0 Å². The molecule has 3 heterocycles. The van der Waals surface area contributed by atoms with E-state index in [2.05, 4.69) is 38.2 Å². The minimum Gasteiger partial charge on any atom is -0.246 e. The van der Waals surface area contributed by atoms with Gasteiger partial charge in [-0.15, -0.1) is 0 Å². The van der Waals surface area contributed by atoms with E-state index in [-0.39, 0.29) is 39.7 Å². The summed E-state index contributed by atoms with van der Waals surface area (Å²) in [5, 5.41) is 0. The van der Waals surface area contributed by atoms with Crippen molar-refractivity contribution in [1.82, 2.24) is 13.9 Å². The molecule has 0 radical (unpaired) electrons. The number of nitrogens with zero attached hydrogens (tertiary/aromatic N) is 3. The molecular weight excluding hydrogens is 266 g/mol. The summed E-state index contributed by atoms with van der Waals surface area (Å²) >= 11 is 0. The normalized spacial score (nSPS) is 43.4. The maximum atomic E-state index is 12.5. The Labute approximate surface area is 122 Å². The SMILES string of the molecule is Cn1c(=O)n2n(c1=O)[C@H]1C=C[C@H]2[C@@]23C=C[C@@]12CC(C)(C)C3. The molecule has 0 aromatic carbocycles. The Morgan fingerprint density at radius 3 is 1.76 bits per heavy atom. The van der Waals surface area contributed by atoms with Gasteiger partial charge in [-0.05, 0) is 18.3 Å². The average molecular weight is 285 g/mol. The van der Waals surface area contributed by atoms with Crippen LogP contribution >= 0.6 is 0 Å². The molecule has 1 aromatic rings. The van der Waals surface area contributed by atoms with Gasteiger partial charge in [0.2, 0.25) is 0 Å². The Bertz CT molecular complexity index is 800. The second kappa shape index (κ2) is 2.89. The van der Waals surface area contributed by atoms with Gasteiger partial charge in [-0.2, -0.15) is 0 Å². The molecule has 0 amide bonds. The Hall–Kier alpha value is -1.78. The van der Waals surface area contributed by atoms with Gasteiger partial charge in [-0.25, -0.2) is 23.5 Å². The molecule has 1 fully saturated rings. The largest absolute Gasteiger partial charge is 0.347 e. The van der Waals surface area contributed by atoms with E-state index < -0.39 is 0 Å². The van der Waals surface area contributed by atoms with Gasteiger partial charge in [-0.3, -0.25) is 0 Å². The lowest BCUT2D eigenvalue weighted by Gasteiger charge is -2.61. The van der Waals surface area contributed by atoms with Gasteiger partial charge in [-0.1, -0.05) is 38.2 Å². The van der Waals surface area contributed by atoms with Crippen molar-refractivity contribution in [3.63, 3.8) is 0 Å². The van der Waals surface area contributed by atoms with Crippen LogP contribution in [0.1, 0.15) is 38.8 Å². The predicted molar refractivity (Wildman–Crippen MR) is 78.2 cm³/mol. The fourth-order valence-corrected chi connectivity index (χ4v) is 5.79. The fourth-order valence-electron chi connectivity index (χ4n) is 5.79. The Kier molecular flexibility index (Phi) is 1.63. The van der Waals surface area contributed by atoms with Crippen molar-refractivity contribution in [3.8, 4) is 0 Å². The highest BCUT2D eigenvalue weighted by molar-refractivity contribution is 5.43. The van der Waals surface area contributed by atoms with Crippen molar-refractivity contribution in [2.45, 2.75) is 38.8 Å². The lowest BCUT2D eigenvalue weighted by Crippen LogP contribution is -2.61. The molecule has 6 rings (SSSR count). The van der Waals surface area contributed by atoms with Crippen LogP contribution in [0.15, 0.2) is 33.9 Å². The van der Waals surface area contributed by atoms with Crippen LogP contribution in [0.3, 0.4) is 0 Å². The highest BCUT2D eigenvalue weighted by Gasteiger charge is 2.72. The summed E-state index contributed by atoms with van der Waals surface area (Å²) < 4.78 is 4.65. The van der Waals surface area contributed by atoms with E-state index in [4.69, 9.17) is 0 Å². The molecule has 5 nitrogen and oxygen atoms in total. The third-order valence-corrected chi connectivity index (χ3v) is 6.34. The maximum absolute atomic E-state index is 12.5. The summed E-state index contributed by atoms with van der Waals surface area (Å²) in [5.41, 5.74) is -0.0916. The zero-order valence-corrected chi connectivity index (χ0v) is 12.5. The molecular formula is C16H19N3O2. The van der Waals surface area contributed by atoms with Crippen LogP contribution in [-0.2, 0) is 7.05 Å². The fraction of sp³-hybridized carbons (Fsp3) is 0.625. The Morgan fingerprint density at radius 2 is 1.38 bits per heavy atom. The Morgan fingerprint density at radius 1 is 0.952 bits per heavy atom. The van der Waals surface area contributed by atoms with Gasteiger partial charge in [0.15, 0.2) is 0 Å². The van der Waals surface area contributed by atoms with E-state index >= 15 is 0 Å². The summed E-state index contributed by atoms with van der Waals surface area (Å²) in [6.07, 6.45) is 11.1. The van der Waals surface area contributed by atoms with E-state index in [1.54, 1.807) is 16.4 Å². The van der Waals surface area contributed by atoms with Crippen molar-refractivity contribution < 1.29 is 0 Å². The lowest BCUT2D eigenvalue weighted by atomic mass is 9.48. The first-order valence-corrected chi connectivity index (χ1v) is 7.62. The molecule has 2 bridgehead atoms. The highest BCUT2D eigenvalue weighted by Crippen LogP contribution is 2.77. The number of hydrogen-bond donors (Lipinski definition) is 0. The quantitative estimate of drug-likeness (QED) is 0.676. The second-order valence-electron chi connectivity index (χ2n) is 8.02. The first-order valence-electron chi connectivity index (χ1n) is 7.62. The van der Waals surface area contributed by atoms with Crippen LogP contribution in [0, 0.1) is 16.2 Å². The molecule has 21 heavy (non-hydrogen) atoms. The van der Waals surface area contributed by atoms with Crippen molar-refractivity contribution in [2.75, 3.05) is 0 Å². The van der Waals surface area contributed by atoms with E-state index in [0.717, 1.165) is 12.8 Å². The van der Waals surface area contributed by atoms with Crippen LogP contribution in [0.25, 0.3) is 0 Å². The van der Waals surface area contributed by atoms with Crippen molar-refractivity contribution >= 4 is 0 Å². The molecule has 1 saturated carbocycles. The second-order valence-corrected chi connectivity index (χ2v) is 8.02. The Balaban J connectivity index is 1.88. The number of hydrogen-bond acceptors (Lipinski definition) is 2. The molecule has 3 aliphatic carbocycles. The van der Waals surface area contributed by atoms with Crippen LogP contribution in [0.5, 0.6) is 0 Å². The van der Waals surface area contributed by atoms with Crippen LogP contribution in [0.4, 0.5) is 0 Å². The third-order valence-electron chi connectivity index (χ3n) is 6.34. The van der Waals surface area contributed by atoms with Gasteiger partial charge >= 0.3 is 11.4 Å². The van der Waals surface area contributed by atoms with Crippen molar-refractivity contribution in [1.29, 1.82) is 0 Å². The lowest BCUT2D eigenvalue weighted by molar-refractivity contribution is -0.0229. The average Bonchev–Trinajstić information content (AvgIpc) is 2.77. The summed E-state index contributed by atoms with van der Waals surface area (Å²) in [5.74, 6) is 0. The molecule has 0 saturated heterocycles. The molecule has 0 N–H and O–H groups in total. The van der Waals surface area contributed by atoms with E-state index in [0.29, 0.717) is 0 Å². The summed E-state index contributed by atoms with van der Waals surface area (Å²) in [4.78, 5) is 25.0. The van der Waals surface area contributed by atoms with E-state index in [1.165, 1.54) is 4.57 Å². The molecule has 4 atom stereocenters. The highest BCUT2D eigenvalue weighted by atomic mass is 16.2. The van der Waals surface area contributed by atoms with Crippen molar-refractivity contribution in [2.24, 2.45) is 23.3 Å². The van der Waals surface area contributed by atoms with Gasteiger partial charge in [0.1, 0.15) is 0 Å². The van der Waals surface area contributed by atoms with E-state index in [1.807, 2.05) is 0 Å². The summed E-state index contributed by atoms with van der Waals surface area (Å²) in [6.45, 7) is 4.61. The predicted octanol–water partition coefficient (Wildman–Crippen LogP) is 1.38. The summed E-state index contributed by atoms with van der Waals surface area (Å²) in [6, 6.07) is -0.0358. The van der Waals surface area contributed by atoms with Gasteiger partial charge in [0.25, 0.3) is 0 Å². The number of aromatic nitrogens is 3. The van der Waals surface area contributed by atoms with Crippen molar-refractivity contribution in [3.05, 3.63) is 45.3 Å². The van der Waals surface area contributed by atoms with Crippen LogP contribution in [-0.4, -0.2) is 13.9 Å². The minimum absolute atomic E-state index is 0.0179. The van der Waals surface area contributed by atoms with Gasteiger partial charge < -0.3 is 0 Å². The first kappa shape index (κ1) is 11.8. The van der Waals surface area contributed by atoms with Gasteiger partial charge in [0, 0.05) is 17.9 Å². The number of allylic oxidation sites excluding steroid dienone is 4. The molecule has 0 unspecified atom stereocenters. The summed E-state index contributed by atoms with van der Waals surface area (Å²) in [7, 11) is 1.58. The third kappa shape index (κ3) is 0.945. The minimum atomic E-state index is -0.188. The smallest absolute Gasteiger partial charge is 0.246 e. The molecule has 0 spiro atoms. The molecule has 2 aliphatic heterocycles. The zero-order chi connectivity index (χ0) is 14.8. The zero-order valence-electron chi connectivity index (χ0n) is 12.5. The van der Waals surface area contributed by atoms with E-state index in [9.17, 15) is 9.59 Å². The molecule has 110 valence electrons. The molecule has 5 heteroatoms. The monoisotopic (exact) mass is 285 g/mol. The first-order chi connectivity index (χ1) is 9.83. The molecule has 5 aliphatic rings. The maximum Gasteiger partial charge on any atom is 0.347 e. The van der Waals surface area contributed by atoms with Crippen LogP contribution < -0.4 is 11.4 Å². The van der Waals surface area contributed by atoms with Gasteiger partial charge in [0.05, 0.1) is 12.1 Å². The number of rotatable bonds is 0. The standard InChI is InChI=1S/C16H19N3O2/c1-14(2)8-15-6-7-16(15,9-14)11-5-4-10(15)18-12(20)17(3)13(21)19(11)18/h4-7,10-11H,8-9H2,1-3H3/t10-,11-,15-,16+/m0/s1. The topological polar surface area (TPSA) is 48.9 Å². The molecule has 1 aromatic heterocycles.